The molecule has 1 aliphatic heterocycles. The summed E-state index contributed by atoms with van der Waals surface area (Å²) < 4.78 is 5.77. The largest absolute Gasteiger partial charge is 0.354 e. The summed E-state index contributed by atoms with van der Waals surface area (Å²) in [6.45, 7) is 3.99. The van der Waals surface area contributed by atoms with Gasteiger partial charge in [-0.3, -0.25) is 15.0 Å². The lowest BCUT2D eigenvalue weighted by Gasteiger charge is -2.25. The number of pyridine rings is 1. The van der Waals surface area contributed by atoms with Crippen molar-refractivity contribution in [1.29, 1.82) is 0 Å². The lowest BCUT2D eigenvalue weighted by atomic mass is 10.1. The molecule has 2 amide bonds. The van der Waals surface area contributed by atoms with Crippen LogP contribution in [0.3, 0.4) is 0 Å². The van der Waals surface area contributed by atoms with Gasteiger partial charge in [-0.25, -0.2) is 4.98 Å². The van der Waals surface area contributed by atoms with Gasteiger partial charge in [0.1, 0.15) is 5.82 Å². The molecule has 0 aliphatic carbocycles. The minimum atomic E-state index is -1.26. The van der Waals surface area contributed by atoms with Crippen molar-refractivity contribution in [3.63, 3.8) is 0 Å². The van der Waals surface area contributed by atoms with Crippen LogP contribution in [0.5, 0.6) is 0 Å². The molecule has 3 rings (SSSR count). The Balaban J connectivity index is 1.87. The van der Waals surface area contributed by atoms with Gasteiger partial charge in [0.05, 0.1) is 0 Å². The molecule has 7 heteroatoms. The quantitative estimate of drug-likeness (QED) is 0.854. The molecule has 0 radical (unpaired) electrons. The molecule has 6 nitrogen and oxygen atoms in total. The minimum absolute atomic E-state index is 0.316. The van der Waals surface area contributed by atoms with Gasteiger partial charge in [-0.2, -0.15) is 5.01 Å². The summed E-state index contributed by atoms with van der Waals surface area (Å²) in [7, 11) is 0. The highest BCUT2D eigenvalue weighted by Crippen LogP contribution is 2.41. The van der Waals surface area contributed by atoms with Crippen LogP contribution in [0.25, 0.3) is 0 Å². The number of aryl methyl sites for hydroxylation is 1. The lowest BCUT2D eigenvalue weighted by Crippen LogP contribution is -2.45. The standard InChI is InChI=1S/C18H19N3O3S/c1-3-24-18(12-14-9-5-4-6-10-14)16(22)21(17(23)25-18)20-15-13(2)8-7-11-19-15/h4-11H,3,12H2,1-2H3,(H,19,20). The molecule has 0 spiro atoms. The van der Waals surface area contributed by atoms with Crippen LogP contribution in [-0.2, 0) is 16.0 Å². The zero-order chi connectivity index (χ0) is 17.9. The van der Waals surface area contributed by atoms with Crippen molar-refractivity contribution in [2.24, 2.45) is 0 Å². The number of amides is 2. The molecular formula is C18H19N3O3S. The molecule has 25 heavy (non-hydrogen) atoms. The second kappa shape index (κ2) is 7.25. The first-order valence-corrected chi connectivity index (χ1v) is 8.81. The second-order valence-electron chi connectivity index (χ2n) is 5.64. The SMILES string of the molecule is CCOC1(Cc2ccccc2)SC(=O)N(Nc2ncccc2C)C1=O. The van der Waals surface area contributed by atoms with Crippen LogP contribution in [0.4, 0.5) is 10.6 Å². The molecule has 1 unspecified atom stereocenters. The highest BCUT2D eigenvalue weighted by Gasteiger charge is 2.54. The fraction of sp³-hybridized carbons (Fsp3) is 0.278. The molecule has 0 saturated carbocycles. The van der Waals surface area contributed by atoms with E-state index in [0.717, 1.165) is 27.9 Å². The fourth-order valence-corrected chi connectivity index (χ4v) is 3.74. The average Bonchev–Trinajstić information content (AvgIpc) is 2.82. The zero-order valence-electron chi connectivity index (χ0n) is 14.1. The third kappa shape index (κ3) is 3.52. The first-order valence-electron chi connectivity index (χ1n) is 7.99. The predicted molar refractivity (Wildman–Crippen MR) is 96.9 cm³/mol. The summed E-state index contributed by atoms with van der Waals surface area (Å²) in [5.74, 6) is 0.0510. The van der Waals surface area contributed by atoms with Gasteiger partial charge >= 0.3 is 5.24 Å². The molecule has 2 heterocycles. The number of thioether (sulfide) groups is 1. The van der Waals surface area contributed by atoms with Crippen LogP contribution >= 0.6 is 11.8 Å². The van der Waals surface area contributed by atoms with Gasteiger partial charge in [0.2, 0.25) is 4.93 Å². The number of benzene rings is 1. The third-order valence-corrected chi connectivity index (χ3v) is 4.97. The van der Waals surface area contributed by atoms with Gasteiger partial charge in [0.15, 0.2) is 0 Å². The Morgan fingerprint density at radius 2 is 1.96 bits per heavy atom. The van der Waals surface area contributed by atoms with Crippen LogP contribution in [0.15, 0.2) is 48.7 Å². The average molecular weight is 357 g/mol. The van der Waals surface area contributed by atoms with E-state index in [1.54, 1.807) is 12.3 Å². The summed E-state index contributed by atoms with van der Waals surface area (Å²) in [6.07, 6.45) is 1.92. The molecule has 130 valence electrons. The number of rotatable bonds is 6. The number of hydrogen-bond donors (Lipinski definition) is 1. The van der Waals surface area contributed by atoms with Gasteiger partial charge in [-0.05, 0) is 42.8 Å². The Labute approximate surface area is 150 Å². The molecule has 1 aromatic carbocycles. The van der Waals surface area contributed by atoms with Crippen molar-refractivity contribution in [2.45, 2.75) is 25.2 Å². The maximum atomic E-state index is 13.0. The van der Waals surface area contributed by atoms with Crippen molar-refractivity contribution in [2.75, 3.05) is 12.0 Å². The maximum Gasteiger partial charge on any atom is 0.310 e. The third-order valence-electron chi connectivity index (χ3n) is 3.85. The number of nitrogens with one attached hydrogen (secondary N) is 1. The molecular weight excluding hydrogens is 338 g/mol. The molecule has 1 fully saturated rings. The number of carbonyl (C=O) groups excluding carboxylic acids is 2. The van der Waals surface area contributed by atoms with Gasteiger partial charge in [0.25, 0.3) is 5.91 Å². The normalized spacial score (nSPS) is 20.2. The van der Waals surface area contributed by atoms with Crippen molar-refractivity contribution in [1.82, 2.24) is 9.99 Å². The molecule has 1 aromatic heterocycles. The molecule has 2 aromatic rings. The van der Waals surface area contributed by atoms with E-state index in [-0.39, 0.29) is 0 Å². The summed E-state index contributed by atoms with van der Waals surface area (Å²) in [5, 5.41) is 0.595. The van der Waals surface area contributed by atoms with E-state index in [9.17, 15) is 9.59 Å². The van der Waals surface area contributed by atoms with Crippen molar-refractivity contribution in [3.05, 3.63) is 59.8 Å². The number of anilines is 1. The molecule has 0 bridgehead atoms. The van der Waals surface area contributed by atoms with Crippen LogP contribution in [-0.4, -0.2) is 32.7 Å². The first-order chi connectivity index (χ1) is 12.1. The molecule has 1 N–H and O–H groups in total. The number of ether oxygens (including phenoxy) is 1. The smallest absolute Gasteiger partial charge is 0.310 e. The fourth-order valence-electron chi connectivity index (χ4n) is 2.64. The maximum absolute atomic E-state index is 13.0. The number of nitrogens with zero attached hydrogens (tertiary/aromatic N) is 2. The summed E-state index contributed by atoms with van der Waals surface area (Å²) in [6, 6.07) is 13.2. The number of hydrazine groups is 1. The minimum Gasteiger partial charge on any atom is -0.354 e. The summed E-state index contributed by atoms with van der Waals surface area (Å²) in [4.78, 5) is 28.4. The zero-order valence-corrected chi connectivity index (χ0v) is 14.9. The van der Waals surface area contributed by atoms with Crippen molar-refractivity contribution < 1.29 is 14.3 Å². The van der Waals surface area contributed by atoms with Gasteiger partial charge in [0, 0.05) is 19.2 Å². The topological polar surface area (TPSA) is 71.5 Å². The van der Waals surface area contributed by atoms with E-state index >= 15 is 0 Å². The van der Waals surface area contributed by atoms with E-state index < -0.39 is 16.1 Å². The monoisotopic (exact) mass is 357 g/mol. The van der Waals surface area contributed by atoms with Gasteiger partial charge in [-0.1, -0.05) is 36.4 Å². The Bertz CT molecular complexity index is 784. The van der Waals surface area contributed by atoms with Gasteiger partial charge < -0.3 is 4.74 Å². The van der Waals surface area contributed by atoms with E-state index in [1.807, 2.05) is 50.2 Å². The second-order valence-corrected chi connectivity index (χ2v) is 6.85. The van der Waals surface area contributed by atoms with E-state index in [4.69, 9.17) is 4.74 Å². The Morgan fingerprint density at radius 3 is 2.64 bits per heavy atom. The van der Waals surface area contributed by atoms with E-state index in [0.29, 0.717) is 18.8 Å². The molecule has 1 atom stereocenters. The highest BCUT2D eigenvalue weighted by atomic mass is 32.2. The van der Waals surface area contributed by atoms with Gasteiger partial charge in [-0.15, -0.1) is 0 Å². The number of aromatic nitrogens is 1. The molecule has 1 saturated heterocycles. The highest BCUT2D eigenvalue weighted by molar-refractivity contribution is 8.15. The van der Waals surface area contributed by atoms with E-state index in [1.165, 1.54) is 0 Å². The predicted octanol–water partition coefficient (Wildman–Crippen LogP) is 3.39. The van der Waals surface area contributed by atoms with Crippen molar-refractivity contribution in [3.8, 4) is 0 Å². The Kier molecular flexibility index (Phi) is 5.06. The Morgan fingerprint density at radius 1 is 1.20 bits per heavy atom. The molecule has 1 aliphatic rings. The van der Waals surface area contributed by atoms with Crippen LogP contribution in [0, 0.1) is 6.92 Å². The summed E-state index contributed by atoms with van der Waals surface area (Å²) >= 11 is 0.899. The van der Waals surface area contributed by atoms with Crippen LogP contribution < -0.4 is 5.43 Å². The lowest BCUT2D eigenvalue weighted by molar-refractivity contribution is -0.140. The summed E-state index contributed by atoms with van der Waals surface area (Å²) in [5.41, 5.74) is 4.60. The number of carbonyl (C=O) groups is 2. The van der Waals surface area contributed by atoms with E-state index in [2.05, 4.69) is 10.4 Å². The first kappa shape index (κ1) is 17.4. The van der Waals surface area contributed by atoms with Crippen LogP contribution in [0.1, 0.15) is 18.1 Å². The van der Waals surface area contributed by atoms with Crippen LogP contribution in [0.2, 0.25) is 0 Å². The number of imide groups is 1. The Hall–Kier alpha value is -2.38. The van der Waals surface area contributed by atoms with Crippen molar-refractivity contribution >= 4 is 28.7 Å². The number of hydrogen-bond acceptors (Lipinski definition) is 6.